The third kappa shape index (κ3) is 2.33. The Morgan fingerprint density at radius 3 is 2.86 bits per heavy atom. The quantitative estimate of drug-likeness (QED) is 0.947. The molecule has 5 nitrogen and oxygen atoms in total. The number of ether oxygens (including phenoxy) is 2. The molecule has 0 bridgehead atoms. The minimum Gasteiger partial charge on any atom is -0.454 e. The van der Waals surface area contributed by atoms with Crippen molar-refractivity contribution in [2.75, 3.05) is 19.9 Å². The fourth-order valence-electron chi connectivity index (χ4n) is 3.50. The number of rotatable bonds is 3. The van der Waals surface area contributed by atoms with Crippen LogP contribution in [0.1, 0.15) is 38.4 Å². The maximum atomic E-state index is 5.55. The SMILES string of the molecule is CC(C)c1nc2cc3c(cc2n1CC1CCCNC1)OCO3. The van der Waals surface area contributed by atoms with E-state index < -0.39 is 0 Å². The second-order valence-corrected chi connectivity index (χ2v) is 6.64. The molecule has 0 saturated carbocycles. The molecule has 2 aliphatic rings. The Balaban J connectivity index is 1.77. The lowest BCUT2D eigenvalue weighted by atomic mass is 9.99. The molecule has 1 fully saturated rings. The number of benzene rings is 1. The molecule has 0 spiro atoms. The van der Waals surface area contributed by atoms with Gasteiger partial charge in [-0.1, -0.05) is 13.8 Å². The Labute approximate surface area is 130 Å². The molecule has 1 aromatic carbocycles. The Bertz CT molecular complexity index is 687. The van der Waals surface area contributed by atoms with Crippen LogP contribution in [0.15, 0.2) is 12.1 Å². The zero-order chi connectivity index (χ0) is 15.1. The van der Waals surface area contributed by atoms with E-state index in [4.69, 9.17) is 14.5 Å². The van der Waals surface area contributed by atoms with Crippen molar-refractivity contribution >= 4 is 11.0 Å². The van der Waals surface area contributed by atoms with Gasteiger partial charge in [0.05, 0.1) is 11.0 Å². The summed E-state index contributed by atoms with van der Waals surface area (Å²) < 4.78 is 13.4. The van der Waals surface area contributed by atoms with Crippen LogP contribution in [0, 0.1) is 5.92 Å². The summed E-state index contributed by atoms with van der Waals surface area (Å²) in [6.45, 7) is 8.00. The van der Waals surface area contributed by atoms with E-state index in [9.17, 15) is 0 Å². The maximum Gasteiger partial charge on any atom is 0.231 e. The summed E-state index contributed by atoms with van der Waals surface area (Å²) in [5, 5.41) is 3.51. The van der Waals surface area contributed by atoms with Gasteiger partial charge in [0.2, 0.25) is 6.79 Å². The highest BCUT2D eigenvalue weighted by molar-refractivity contribution is 5.81. The number of hydrogen-bond donors (Lipinski definition) is 1. The lowest BCUT2D eigenvalue weighted by Gasteiger charge is -2.24. The van der Waals surface area contributed by atoms with Crippen molar-refractivity contribution in [2.24, 2.45) is 5.92 Å². The number of nitrogens with zero attached hydrogens (tertiary/aromatic N) is 2. The minimum atomic E-state index is 0.311. The number of imidazole rings is 1. The zero-order valence-electron chi connectivity index (χ0n) is 13.3. The maximum absolute atomic E-state index is 5.55. The van der Waals surface area contributed by atoms with Gasteiger partial charge in [-0.3, -0.25) is 0 Å². The summed E-state index contributed by atoms with van der Waals surface area (Å²) in [4.78, 5) is 4.86. The van der Waals surface area contributed by atoms with E-state index in [1.165, 1.54) is 18.4 Å². The summed E-state index contributed by atoms with van der Waals surface area (Å²) >= 11 is 0. The van der Waals surface area contributed by atoms with Crippen LogP contribution < -0.4 is 14.8 Å². The van der Waals surface area contributed by atoms with Crippen LogP contribution in [0.2, 0.25) is 0 Å². The average Bonchev–Trinajstić information content (AvgIpc) is 3.10. The van der Waals surface area contributed by atoms with Crippen LogP contribution >= 0.6 is 0 Å². The van der Waals surface area contributed by atoms with E-state index in [2.05, 4.69) is 29.8 Å². The lowest BCUT2D eigenvalue weighted by Crippen LogP contribution is -2.32. The first kappa shape index (κ1) is 13.9. The second kappa shape index (κ2) is 5.47. The molecule has 2 aromatic rings. The van der Waals surface area contributed by atoms with Gasteiger partial charge in [0.15, 0.2) is 11.5 Å². The third-order valence-corrected chi connectivity index (χ3v) is 4.63. The van der Waals surface area contributed by atoms with E-state index in [1.54, 1.807) is 0 Å². The first-order chi connectivity index (χ1) is 10.7. The zero-order valence-corrected chi connectivity index (χ0v) is 13.3. The van der Waals surface area contributed by atoms with E-state index >= 15 is 0 Å². The van der Waals surface area contributed by atoms with E-state index in [0.29, 0.717) is 18.6 Å². The molecule has 5 heteroatoms. The Hall–Kier alpha value is -1.75. The van der Waals surface area contributed by atoms with Gasteiger partial charge >= 0.3 is 0 Å². The van der Waals surface area contributed by atoms with Crippen molar-refractivity contribution in [3.63, 3.8) is 0 Å². The first-order valence-electron chi connectivity index (χ1n) is 8.23. The van der Waals surface area contributed by atoms with Gasteiger partial charge < -0.3 is 19.4 Å². The van der Waals surface area contributed by atoms with Gasteiger partial charge in [0.25, 0.3) is 0 Å². The van der Waals surface area contributed by atoms with Gasteiger partial charge in [-0.05, 0) is 31.8 Å². The summed E-state index contributed by atoms with van der Waals surface area (Å²) in [5.41, 5.74) is 2.18. The summed E-state index contributed by atoms with van der Waals surface area (Å²) in [6.07, 6.45) is 2.55. The van der Waals surface area contributed by atoms with Crippen molar-refractivity contribution in [3.05, 3.63) is 18.0 Å². The smallest absolute Gasteiger partial charge is 0.231 e. The molecule has 0 aliphatic carbocycles. The van der Waals surface area contributed by atoms with Crippen molar-refractivity contribution in [2.45, 2.75) is 39.2 Å². The fraction of sp³-hybridized carbons (Fsp3) is 0.588. The minimum absolute atomic E-state index is 0.311. The van der Waals surface area contributed by atoms with Gasteiger partial charge in [-0.25, -0.2) is 4.98 Å². The second-order valence-electron chi connectivity index (χ2n) is 6.64. The summed E-state index contributed by atoms with van der Waals surface area (Å²) in [5.74, 6) is 3.89. The van der Waals surface area contributed by atoms with Crippen LogP contribution in [0.25, 0.3) is 11.0 Å². The highest BCUT2D eigenvalue weighted by Gasteiger charge is 2.22. The third-order valence-electron chi connectivity index (χ3n) is 4.63. The molecule has 1 aromatic heterocycles. The number of aromatic nitrogens is 2. The lowest BCUT2D eigenvalue weighted by molar-refractivity contribution is 0.174. The van der Waals surface area contributed by atoms with Crippen molar-refractivity contribution in [1.82, 2.24) is 14.9 Å². The standard InChI is InChI=1S/C17H23N3O2/c1-11(2)17-19-13-6-15-16(22-10-21-15)7-14(13)20(17)9-12-4-3-5-18-8-12/h6-7,11-12,18H,3-5,8-10H2,1-2H3. The molecule has 1 unspecified atom stereocenters. The first-order valence-corrected chi connectivity index (χ1v) is 8.23. The molecule has 0 radical (unpaired) electrons. The molecule has 22 heavy (non-hydrogen) atoms. The largest absolute Gasteiger partial charge is 0.454 e. The molecule has 1 N–H and O–H groups in total. The Morgan fingerprint density at radius 1 is 1.32 bits per heavy atom. The number of nitrogens with one attached hydrogen (secondary N) is 1. The van der Waals surface area contributed by atoms with Gasteiger partial charge in [-0.15, -0.1) is 0 Å². The van der Waals surface area contributed by atoms with Crippen molar-refractivity contribution in [3.8, 4) is 11.5 Å². The van der Waals surface area contributed by atoms with E-state index in [1.807, 2.05) is 6.07 Å². The molecule has 2 aliphatic heterocycles. The average molecular weight is 301 g/mol. The number of fused-ring (bicyclic) bond motifs is 2. The molecule has 0 amide bonds. The highest BCUT2D eigenvalue weighted by Crippen LogP contribution is 2.37. The van der Waals surface area contributed by atoms with Crippen LogP contribution in [0.3, 0.4) is 0 Å². The van der Waals surface area contributed by atoms with Gasteiger partial charge in [-0.2, -0.15) is 0 Å². The predicted molar refractivity (Wildman–Crippen MR) is 85.5 cm³/mol. The Morgan fingerprint density at radius 2 is 2.14 bits per heavy atom. The summed E-state index contributed by atoms with van der Waals surface area (Å²) in [7, 11) is 0. The van der Waals surface area contributed by atoms with Gasteiger partial charge in [0, 0.05) is 24.6 Å². The van der Waals surface area contributed by atoms with E-state index in [-0.39, 0.29) is 0 Å². The molecule has 1 atom stereocenters. The van der Waals surface area contributed by atoms with E-state index in [0.717, 1.165) is 42.5 Å². The van der Waals surface area contributed by atoms with Gasteiger partial charge in [0.1, 0.15) is 5.82 Å². The molecule has 1 saturated heterocycles. The monoisotopic (exact) mass is 301 g/mol. The van der Waals surface area contributed by atoms with Crippen LogP contribution in [0.4, 0.5) is 0 Å². The van der Waals surface area contributed by atoms with Crippen LogP contribution in [0.5, 0.6) is 11.5 Å². The number of piperidine rings is 1. The van der Waals surface area contributed by atoms with Crippen LogP contribution in [-0.2, 0) is 6.54 Å². The molecule has 3 heterocycles. The normalized spacial score (nSPS) is 21.0. The number of hydrogen-bond acceptors (Lipinski definition) is 4. The van der Waals surface area contributed by atoms with Crippen LogP contribution in [-0.4, -0.2) is 29.4 Å². The summed E-state index contributed by atoms with van der Waals surface area (Å²) in [6, 6.07) is 4.10. The van der Waals surface area contributed by atoms with Crippen molar-refractivity contribution in [1.29, 1.82) is 0 Å². The molecular formula is C17H23N3O2. The Kier molecular flexibility index (Phi) is 3.45. The molecule has 118 valence electrons. The topological polar surface area (TPSA) is 48.3 Å². The predicted octanol–water partition coefficient (Wildman–Crippen LogP) is 2.89. The highest BCUT2D eigenvalue weighted by atomic mass is 16.7. The molecule has 4 rings (SSSR count). The fourth-order valence-corrected chi connectivity index (χ4v) is 3.50. The molecular weight excluding hydrogens is 278 g/mol. The van der Waals surface area contributed by atoms with Crippen molar-refractivity contribution < 1.29 is 9.47 Å².